The van der Waals surface area contributed by atoms with Crippen molar-refractivity contribution < 1.29 is 19.7 Å². The Balaban J connectivity index is 3.81. The fourth-order valence-electron chi connectivity index (χ4n) is 0.606. The Labute approximate surface area is 72.1 Å². The zero-order valence-electron chi connectivity index (χ0n) is 7.12. The molecule has 0 aliphatic carbocycles. The minimum Gasteiger partial charge on any atom is -0.394 e. The van der Waals surface area contributed by atoms with Crippen molar-refractivity contribution in [2.45, 2.75) is 12.7 Å². The number of aliphatic hydroxyl groups excluding tert-OH is 2. The number of ether oxygens (including phenoxy) is 2. The van der Waals surface area contributed by atoms with E-state index >= 15 is 0 Å². The molecule has 4 heteroatoms. The third-order valence-corrected chi connectivity index (χ3v) is 1.20. The molecule has 0 saturated carbocycles. The van der Waals surface area contributed by atoms with Gasteiger partial charge in [-0.15, -0.1) is 6.42 Å². The molecule has 0 aliphatic rings. The Bertz CT molecular complexity index is 142. The molecule has 0 atom stereocenters. The molecule has 0 aliphatic heterocycles. The first-order valence-electron chi connectivity index (χ1n) is 3.66. The van der Waals surface area contributed by atoms with Crippen molar-refractivity contribution in [1.29, 1.82) is 0 Å². The molecule has 0 rings (SSSR count). The maximum atomic E-state index is 8.45. The van der Waals surface area contributed by atoms with Crippen LogP contribution in [0.4, 0.5) is 0 Å². The molecule has 0 aromatic carbocycles. The molecule has 0 aromatic rings. The largest absolute Gasteiger partial charge is 0.394 e. The van der Waals surface area contributed by atoms with Crippen LogP contribution in [-0.4, -0.2) is 42.4 Å². The summed E-state index contributed by atoms with van der Waals surface area (Å²) < 4.78 is 10.0. The normalized spacial score (nSPS) is 11.2. The number of hydrogen-bond donors (Lipinski definition) is 2. The lowest BCUT2D eigenvalue weighted by Crippen LogP contribution is -2.32. The van der Waals surface area contributed by atoms with Crippen molar-refractivity contribution in [3.05, 3.63) is 0 Å². The van der Waals surface area contributed by atoms with Gasteiger partial charge < -0.3 is 19.7 Å². The number of rotatable bonds is 6. The van der Waals surface area contributed by atoms with Gasteiger partial charge in [-0.25, -0.2) is 0 Å². The van der Waals surface area contributed by atoms with Crippen LogP contribution in [0.15, 0.2) is 0 Å². The molecule has 2 N–H and O–H groups in total. The number of aliphatic hydroxyl groups is 2. The van der Waals surface area contributed by atoms with Gasteiger partial charge in [-0.2, -0.15) is 0 Å². The fourth-order valence-corrected chi connectivity index (χ4v) is 0.606. The Morgan fingerprint density at radius 2 is 1.67 bits per heavy atom. The summed E-state index contributed by atoms with van der Waals surface area (Å²) in [5.74, 6) is 1.13. The van der Waals surface area contributed by atoms with Crippen LogP contribution < -0.4 is 0 Å². The predicted molar refractivity (Wildman–Crippen MR) is 43.3 cm³/mol. The smallest absolute Gasteiger partial charge is 0.230 e. The first-order chi connectivity index (χ1) is 5.68. The van der Waals surface area contributed by atoms with Crippen molar-refractivity contribution >= 4 is 0 Å². The molecule has 0 heterocycles. The van der Waals surface area contributed by atoms with E-state index in [1.807, 2.05) is 0 Å². The molecule has 0 amide bonds. The van der Waals surface area contributed by atoms with E-state index in [1.54, 1.807) is 6.92 Å². The minimum atomic E-state index is -1.15. The van der Waals surface area contributed by atoms with Crippen LogP contribution in [0, 0.1) is 12.3 Å². The van der Waals surface area contributed by atoms with Crippen LogP contribution in [0.25, 0.3) is 0 Å². The molecule has 4 nitrogen and oxygen atoms in total. The van der Waals surface area contributed by atoms with Gasteiger partial charge >= 0.3 is 0 Å². The molecule has 0 spiro atoms. The third-order valence-electron chi connectivity index (χ3n) is 1.20. The topological polar surface area (TPSA) is 58.9 Å². The van der Waals surface area contributed by atoms with E-state index in [0.717, 1.165) is 0 Å². The molecule has 0 saturated heterocycles. The third kappa shape index (κ3) is 4.31. The van der Waals surface area contributed by atoms with E-state index in [9.17, 15) is 0 Å². The highest BCUT2D eigenvalue weighted by Crippen LogP contribution is 2.09. The van der Waals surface area contributed by atoms with Crippen LogP contribution in [0.5, 0.6) is 0 Å². The van der Waals surface area contributed by atoms with Gasteiger partial charge in [0.2, 0.25) is 5.79 Å². The minimum absolute atomic E-state index is 0.111. The maximum Gasteiger partial charge on any atom is 0.230 e. The summed E-state index contributed by atoms with van der Waals surface area (Å²) in [5, 5.41) is 16.9. The second kappa shape index (κ2) is 5.98. The van der Waals surface area contributed by atoms with Crippen LogP contribution >= 0.6 is 0 Å². The second-order valence-corrected chi connectivity index (χ2v) is 2.23. The quantitative estimate of drug-likeness (QED) is 0.415. The predicted octanol–water partition coefficient (Wildman–Crippen LogP) is -0.646. The summed E-state index contributed by atoms with van der Waals surface area (Å²) in [6, 6.07) is 0. The van der Waals surface area contributed by atoms with Gasteiger partial charge in [0.1, 0.15) is 0 Å². The van der Waals surface area contributed by atoms with Gasteiger partial charge in [0.25, 0.3) is 0 Å². The first-order valence-corrected chi connectivity index (χ1v) is 3.66. The van der Waals surface area contributed by atoms with Crippen LogP contribution in [0.1, 0.15) is 6.92 Å². The summed E-state index contributed by atoms with van der Waals surface area (Å²) in [7, 11) is 0. The summed E-state index contributed by atoms with van der Waals surface area (Å²) in [6.45, 7) is 1.57. The van der Waals surface area contributed by atoms with Gasteiger partial charge in [-0.3, -0.25) is 0 Å². The standard InChI is InChI=1S/C8H14O4/c1-3-8(2,11-6-4-9)12-7-5-10/h1,9-10H,4-7H2,2H3. The maximum absolute atomic E-state index is 8.45. The van der Waals surface area contributed by atoms with Crippen molar-refractivity contribution in [1.82, 2.24) is 0 Å². The summed E-state index contributed by atoms with van der Waals surface area (Å²) in [5.41, 5.74) is 0. The highest BCUT2D eigenvalue weighted by atomic mass is 16.7. The Morgan fingerprint density at radius 3 is 1.92 bits per heavy atom. The Morgan fingerprint density at radius 1 is 1.25 bits per heavy atom. The lowest BCUT2D eigenvalue weighted by atomic mass is 10.3. The summed E-state index contributed by atoms with van der Waals surface area (Å²) in [6.07, 6.45) is 5.13. The lowest BCUT2D eigenvalue weighted by Gasteiger charge is -2.23. The molecule has 0 aromatic heterocycles. The highest BCUT2D eigenvalue weighted by Gasteiger charge is 2.21. The van der Waals surface area contributed by atoms with Gasteiger partial charge in [0.05, 0.1) is 26.4 Å². The van der Waals surface area contributed by atoms with Crippen LogP contribution in [0.3, 0.4) is 0 Å². The van der Waals surface area contributed by atoms with Crippen LogP contribution in [0.2, 0.25) is 0 Å². The summed E-state index contributed by atoms with van der Waals surface area (Å²) >= 11 is 0. The first kappa shape index (κ1) is 11.4. The monoisotopic (exact) mass is 174 g/mol. The van der Waals surface area contributed by atoms with Crippen molar-refractivity contribution in [3.8, 4) is 12.3 Å². The molecule has 0 fully saturated rings. The Hall–Kier alpha value is -0.600. The van der Waals surface area contributed by atoms with E-state index in [1.165, 1.54) is 0 Å². The zero-order chi connectivity index (χ0) is 9.45. The number of terminal acetylenes is 1. The molecule has 0 unspecified atom stereocenters. The molecule has 70 valence electrons. The van der Waals surface area contributed by atoms with E-state index in [4.69, 9.17) is 26.1 Å². The average molecular weight is 174 g/mol. The van der Waals surface area contributed by atoms with E-state index in [-0.39, 0.29) is 26.4 Å². The van der Waals surface area contributed by atoms with Crippen molar-refractivity contribution in [3.63, 3.8) is 0 Å². The molecular weight excluding hydrogens is 160 g/mol. The fraction of sp³-hybridized carbons (Fsp3) is 0.750. The van der Waals surface area contributed by atoms with Gasteiger partial charge in [-0.1, -0.05) is 0 Å². The SMILES string of the molecule is C#CC(C)(OCCO)OCCO. The van der Waals surface area contributed by atoms with Crippen molar-refractivity contribution in [2.24, 2.45) is 0 Å². The molecule has 0 bridgehead atoms. The molecule has 0 radical (unpaired) electrons. The van der Waals surface area contributed by atoms with Gasteiger partial charge in [0, 0.05) is 6.92 Å². The van der Waals surface area contributed by atoms with Crippen LogP contribution in [-0.2, 0) is 9.47 Å². The second-order valence-electron chi connectivity index (χ2n) is 2.23. The molecule has 12 heavy (non-hydrogen) atoms. The van der Waals surface area contributed by atoms with E-state index in [2.05, 4.69) is 5.92 Å². The van der Waals surface area contributed by atoms with Gasteiger partial charge in [0.15, 0.2) is 0 Å². The van der Waals surface area contributed by atoms with E-state index < -0.39 is 5.79 Å². The van der Waals surface area contributed by atoms with Gasteiger partial charge in [-0.05, 0) is 5.92 Å². The van der Waals surface area contributed by atoms with E-state index in [0.29, 0.717) is 0 Å². The van der Waals surface area contributed by atoms with Crippen molar-refractivity contribution in [2.75, 3.05) is 26.4 Å². The zero-order valence-corrected chi connectivity index (χ0v) is 7.12. The average Bonchev–Trinajstić information content (AvgIpc) is 2.11. The Kier molecular flexibility index (Phi) is 5.68. The molecular formula is C8H14O4. The summed E-state index contributed by atoms with van der Waals surface area (Å²) in [4.78, 5) is 0. The number of hydrogen-bond acceptors (Lipinski definition) is 4. The highest BCUT2D eigenvalue weighted by molar-refractivity contribution is 4.99. The lowest BCUT2D eigenvalue weighted by molar-refractivity contribution is -0.192.